The van der Waals surface area contributed by atoms with Gasteiger partial charge in [0.05, 0.1) is 24.5 Å². The summed E-state index contributed by atoms with van der Waals surface area (Å²) in [5, 5.41) is 13.3. The Morgan fingerprint density at radius 2 is 1.27 bits per heavy atom. The normalized spacial score (nSPS) is 15.1. The molecule has 0 atom stereocenters. The van der Waals surface area contributed by atoms with Crippen LogP contribution in [0.3, 0.4) is 0 Å². The van der Waals surface area contributed by atoms with E-state index in [1.54, 1.807) is 41.4 Å². The average Bonchev–Trinajstić information content (AvgIpc) is 3.77. The highest BCUT2D eigenvalue weighted by Gasteiger charge is 2.32. The second kappa shape index (κ2) is 11.1. The Morgan fingerprint density at radius 1 is 0.800 bits per heavy atom. The summed E-state index contributed by atoms with van der Waals surface area (Å²) in [5.74, 6) is -0.525. The minimum Gasteiger partial charge on any atom is -0.360 e. The van der Waals surface area contributed by atoms with Crippen molar-refractivity contribution in [1.82, 2.24) is 44.6 Å². The number of primary amides is 1. The number of amides is 4. The SMILES string of the molecule is CNC(=O)N1CC(n2cc(-c3c[nH]c4cc(F)ccc34)cn2)C1.NC(=O)N1CC(n2cc(-c3c[nH]c4cc(F)ccc34)cn2)C1. The zero-order valence-electron chi connectivity index (χ0n) is 24.2. The van der Waals surface area contributed by atoms with E-state index in [-0.39, 0.29) is 29.7 Å². The fourth-order valence-electron chi connectivity index (χ4n) is 5.78. The number of halogens is 2. The zero-order valence-corrected chi connectivity index (χ0v) is 24.2. The number of urea groups is 2. The average molecular weight is 613 g/mol. The van der Waals surface area contributed by atoms with Gasteiger partial charge < -0.3 is 30.8 Å². The van der Waals surface area contributed by atoms with Crippen molar-refractivity contribution >= 4 is 33.9 Å². The highest BCUT2D eigenvalue weighted by molar-refractivity contribution is 5.96. The summed E-state index contributed by atoms with van der Waals surface area (Å²) in [6, 6.07) is 9.27. The number of benzene rings is 2. The Bertz CT molecular complexity index is 2030. The standard InChI is InChI=1S/C16H16FN5O.C15H14FN5O/c1-18-16(23)21-8-12(9-21)22-7-10(5-20-22)14-6-19-15-4-11(17)2-3-13(14)15;16-10-1-2-12-13(5-18-14(12)3-10)9-4-19-21(6-9)11-7-20(8-11)15(17)22/h2-7,12,19H,8-9H2,1H3,(H,18,23);1-6,11,18H,7-8H2,(H2,17,22). The van der Waals surface area contributed by atoms with Crippen LogP contribution in [0.25, 0.3) is 44.1 Å². The first-order valence-electron chi connectivity index (χ1n) is 14.4. The molecule has 0 radical (unpaired) electrons. The van der Waals surface area contributed by atoms with Crippen molar-refractivity contribution in [3.05, 3.63) is 85.2 Å². The van der Waals surface area contributed by atoms with Crippen LogP contribution in [0.15, 0.2) is 73.6 Å². The summed E-state index contributed by atoms with van der Waals surface area (Å²) >= 11 is 0. The molecule has 6 heterocycles. The number of fused-ring (bicyclic) bond motifs is 2. The highest BCUT2D eigenvalue weighted by Crippen LogP contribution is 2.32. The van der Waals surface area contributed by atoms with E-state index < -0.39 is 6.03 Å². The molecule has 14 heteroatoms. The Hall–Kier alpha value is -5.66. The third kappa shape index (κ3) is 5.24. The molecule has 0 aliphatic carbocycles. The molecular formula is C31H30F2N10O2. The van der Waals surface area contributed by atoms with E-state index >= 15 is 0 Å². The van der Waals surface area contributed by atoms with Crippen LogP contribution in [0, 0.1) is 11.6 Å². The molecule has 2 aliphatic rings. The Kier molecular flexibility index (Phi) is 6.95. The van der Waals surface area contributed by atoms with Crippen molar-refractivity contribution in [1.29, 1.82) is 0 Å². The molecule has 4 aromatic heterocycles. The molecule has 8 rings (SSSR count). The third-order valence-corrected chi connectivity index (χ3v) is 8.40. The minimum atomic E-state index is -0.401. The maximum Gasteiger partial charge on any atom is 0.317 e. The van der Waals surface area contributed by atoms with Crippen LogP contribution in [0.4, 0.5) is 18.4 Å². The first kappa shape index (κ1) is 28.1. The quantitative estimate of drug-likeness (QED) is 0.233. The van der Waals surface area contributed by atoms with Gasteiger partial charge in [-0.1, -0.05) is 0 Å². The van der Waals surface area contributed by atoms with Gasteiger partial charge in [-0.2, -0.15) is 10.2 Å². The van der Waals surface area contributed by atoms with E-state index in [2.05, 4.69) is 25.5 Å². The van der Waals surface area contributed by atoms with Crippen LogP contribution in [-0.2, 0) is 0 Å². The Morgan fingerprint density at radius 3 is 1.71 bits per heavy atom. The number of hydrogen-bond acceptors (Lipinski definition) is 4. The molecule has 2 aromatic carbocycles. The molecule has 5 N–H and O–H groups in total. The number of nitrogens with one attached hydrogen (secondary N) is 3. The van der Waals surface area contributed by atoms with Crippen LogP contribution in [-0.4, -0.2) is 84.6 Å². The number of H-pyrrole nitrogens is 2. The highest BCUT2D eigenvalue weighted by atomic mass is 19.1. The van der Waals surface area contributed by atoms with E-state index in [9.17, 15) is 18.4 Å². The lowest BCUT2D eigenvalue weighted by atomic mass is 10.1. The van der Waals surface area contributed by atoms with Gasteiger partial charge in [-0.05, 0) is 36.4 Å². The lowest BCUT2D eigenvalue weighted by molar-refractivity contribution is 0.120. The predicted octanol–water partition coefficient (Wildman–Crippen LogP) is 4.47. The summed E-state index contributed by atoms with van der Waals surface area (Å²) in [4.78, 5) is 32.0. The predicted molar refractivity (Wildman–Crippen MR) is 164 cm³/mol. The number of likely N-dealkylation sites (tertiary alicyclic amines) is 2. The molecule has 0 bridgehead atoms. The van der Waals surface area contributed by atoms with E-state index in [0.717, 1.165) is 44.1 Å². The third-order valence-electron chi connectivity index (χ3n) is 8.40. The molecule has 4 amide bonds. The number of rotatable bonds is 4. The van der Waals surface area contributed by atoms with Crippen LogP contribution >= 0.6 is 0 Å². The van der Waals surface area contributed by atoms with Gasteiger partial charge >= 0.3 is 12.1 Å². The zero-order chi connectivity index (χ0) is 31.2. The Balaban J connectivity index is 0.000000145. The summed E-state index contributed by atoms with van der Waals surface area (Å²) in [5.41, 5.74) is 10.6. The molecule has 45 heavy (non-hydrogen) atoms. The van der Waals surface area contributed by atoms with E-state index in [1.165, 1.54) is 24.3 Å². The van der Waals surface area contributed by atoms with Crippen LogP contribution in [0.1, 0.15) is 12.1 Å². The maximum atomic E-state index is 13.3. The molecule has 0 saturated carbocycles. The molecule has 6 aromatic rings. The van der Waals surface area contributed by atoms with Gasteiger partial charge in [-0.15, -0.1) is 0 Å². The van der Waals surface area contributed by atoms with Gasteiger partial charge in [0.25, 0.3) is 0 Å². The monoisotopic (exact) mass is 612 g/mol. The summed E-state index contributed by atoms with van der Waals surface area (Å²) in [6.45, 7) is 2.46. The van der Waals surface area contributed by atoms with Crippen molar-refractivity contribution in [3.63, 3.8) is 0 Å². The number of nitrogens with two attached hydrogens (primary N) is 1. The molecule has 0 unspecified atom stereocenters. The number of aromatic amines is 2. The van der Waals surface area contributed by atoms with E-state index in [4.69, 9.17) is 5.73 Å². The van der Waals surface area contributed by atoms with Crippen molar-refractivity contribution < 1.29 is 18.4 Å². The molecule has 230 valence electrons. The van der Waals surface area contributed by atoms with E-state index in [1.807, 2.05) is 34.2 Å². The second-order valence-electron chi connectivity index (χ2n) is 11.2. The number of nitrogens with zero attached hydrogens (tertiary/aromatic N) is 6. The summed E-state index contributed by atoms with van der Waals surface area (Å²) < 4.78 is 30.2. The smallest absolute Gasteiger partial charge is 0.317 e. The maximum absolute atomic E-state index is 13.3. The van der Waals surface area contributed by atoms with Crippen molar-refractivity contribution in [2.24, 2.45) is 5.73 Å². The first-order valence-corrected chi connectivity index (χ1v) is 14.4. The van der Waals surface area contributed by atoms with Crippen LogP contribution < -0.4 is 11.1 Å². The second-order valence-corrected chi connectivity index (χ2v) is 11.2. The van der Waals surface area contributed by atoms with Crippen LogP contribution in [0.2, 0.25) is 0 Å². The van der Waals surface area contributed by atoms with Gasteiger partial charge in [0, 0.05) is 102 Å². The molecular weight excluding hydrogens is 582 g/mol. The van der Waals surface area contributed by atoms with Gasteiger partial charge in [-0.3, -0.25) is 9.36 Å². The Labute approximate surface area is 255 Å². The topological polar surface area (TPSA) is 146 Å². The van der Waals surface area contributed by atoms with Crippen LogP contribution in [0.5, 0.6) is 0 Å². The number of aromatic nitrogens is 6. The molecule has 2 saturated heterocycles. The number of carbonyl (C=O) groups excluding carboxylic acids is 2. The fraction of sp³-hybridized carbons (Fsp3) is 0.226. The fourth-order valence-corrected chi connectivity index (χ4v) is 5.78. The lowest BCUT2D eigenvalue weighted by Gasteiger charge is -2.38. The molecule has 2 aliphatic heterocycles. The molecule has 2 fully saturated rings. The van der Waals surface area contributed by atoms with Gasteiger partial charge in [0.15, 0.2) is 0 Å². The summed E-state index contributed by atoms with van der Waals surface area (Å²) in [6.07, 6.45) is 11.2. The summed E-state index contributed by atoms with van der Waals surface area (Å²) in [7, 11) is 1.63. The van der Waals surface area contributed by atoms with Crippen molar-refractivity contribution in [2.75, 3.05) is 33.2 Å². The lowest BCUT2D eigenvalue weighted by Crippen LogP contribution is -2.53. The molecule has 12 nitrogen and oxygen atoms in total. The van der Waals surface area contributed by atoms with Gasteiger partial charge in [0.2, 0.25) is 0 Å². The molecule has 0 spiro atoms. The van der Waals surface area contributed by atoms with Gasteiger partial charge in [-0.25, -0.2) is 18.4 Å². The number of hydrogen-bond donors (Lipinski definition) is 4. The van der Waals surface area contributed by atoms with E-state index in [0.29, 0.717) is 26.2 Å². The van der Waals surface area contributed by atoms with Crippen molar-refractivity contribution in [2.45, 2.75) is 12.1 Å². The number of carbonyl (C=O) groups is 2. The van der Waals surface area contributed by atoms with Gasteiger partial charge in [0.1, 0.15) is 11.6 Å². The minimum absolute atomic E-state index is 0.0627. The van der Waals surface area contributed by atoms with Crippen molar-refractivity contribution in [3.8, 4) is 22.3 Å². The largest absolute Gasteiger partial charge is 0.360 e. The first-order chi connectivity index (χ1) is 21.8.